The monoisotopic (exact) mass is 286 g/mol. The van der Waals surface area contributed by atoms with Gasteiger partial charge in [0.1, 0.15) is 0 Å². The van der Waals surface area contributed by atoms with Crippen LogP contribution < -0.4 is 19.5 Å². The molecule has 1 unspecified atom stereocenters. The first-order valence-electron chi connectivity index (χ1n) is 6.01. The van der Waals surface area contributed by atoms with Gasteiger partial charge in [0.25, 0.3) is 0 Å². The lowest BCUT2D eigenvalue weighted by Crippen LogP contribution is -2.29. The fourth-order valence-corrected chi connectivity index (χ4v) is 3.43. The third-order valence-corrected chi connectivity index (χ3v) is 4.90. The fourth-order valence-electron chi connectivity index (χ4n) is 2.04. The lowest BCUT2D eigenvalue weighted by Gasteiger charge is -2.14. The highest BCUT2D eigenvalue weighted by atomic mass is 32.2. The van der Waals surface area contributed by atoms with Crippen molar-refractivity contribution in [2.75, 3.05) is 32.0 Å². The van der Waals surface area contributed by atoms with Crippen LogP contribution in [-0.4, -0.2) is 41.0 Å². The number of nitrogens with one attached hydrogen (secondary N) is 2. The zero-order valence-electron chi connectivity index (χ0n) is 11.0. The normalized spacial score (nSPS) is 19.2. The van der Waals surface area contributed by atoms with Gasteiger partial charge in [0.05, 0.1) is 25.2 Å². The van der Waals surface area contributed by atoms with Gasteiger partial charge in [-0.2, -0.15) is 0 Å². The summed E-state index contributed by atoms with van der Waals surface area (Å²) in [6.07, 6.45) is 0.628. The molecule has 0 spiro atoms. The highest BCUT2D eigenvalue weighted by Gasteiger charge is 2.28. The van der Waals surface area contributed by atoms with E-state index in [9.17, 15) is 8.42 Å². The molecular weight excluding hydrogens is 268 g/mol. The molecule has 1 aliphatic rings. The minimum atomic E-state index is -3.37. The van der Waals surface area contributed by atoms with Crippen molar-refractivity contribution in [3.63, 3.8) is 0 Å². The molecule has 6 nitrogen and oxygen atoms in total. The van der Waals surface area contributed by atoms with Gasteiger partial charge in [0.15, 0.2) is 11.5 Å². The molecule has 1 atom stereocenters. The van der Waals surface area contributed by atoms with Crippen molar-refractivity contribution in [1.29, 1.82) is 0 Å². The number of rotatable bonds is 5. The summed E-state index contributed by atoms with van der Waals surface area (Å²) in [4.78, 5) is 0. The Morgan fingerprint density at radius 3 is 2.58 bits per heavy atom. The summed E-state index contributed by atoms with van der Waals surface area (Å²) in [6, 6.07) is 4.93. The van der Waals surface area contributed by atoms with E-state index in [0.717, 1.165) is 6.54 Å². The molecule has 106 valence electrons. The molecule has 19 heavy (non-hydrogen) atoms. The van der Waals surface area contributed by atoms with Gasteiger partial charge in [0.2, 0.25) is 10.0 Å². The number of hydrogen-bond donors (Lipinski definition) is 2. The highest BCUT2D eigenvalue weighted by Crippen LogP contribution is 2.30. The molecule has 1 aliphatic heterocycles. The Bertz CT molecular complexity index is 539. The molecule has 1 saturated heterocycles. The summed E-state index contributed by atoms with van der Waals surface area (Å²) in [5.41, 5.74) is 0.476. The van der Waals surface area contributed by atoms with Crippen molar-refractivity contribution >= 4 is 15.7 Å². The Labute approximate surface area is 113 Å². The quantitative estimate of drug-likeness (QED) is 0.837. The summed E-state index contributed by atoms with van der Waals surface area (Å²) in [6.45, 7) is 1.22. The van der Waals surface area contributed by atoms with Gasteiger partial charge in [-0.3, -0.25) is 4.72 Å². The van der Waals surface area contributed by atoms with Crippen LogP contribution in [0.4, 0.5) is 5.69 Å². The topological polar surface area (TPSA) is 76.7 Å². The standard InChI is InChI=1S/C12H18N2O4S/c1-17-11-4-3-9(7-12(11)18-2)14-19(15,16)10-5-6-13-8-10/h3-4,7,10,13-14H,5-6,8H2,1-2H3. The van der Waals surface area contributed by atoms with Crippen LogP contribution in [0.1, 0.15) is 6.42 Å². The van der Waals surface area contributed by atoms with Crippen molar-refractivity contribution in [3.8, 4) is 11.5 Å². The molecule has 0 aromatic heterocycles. The van der Waals surface area contributed by atoms with E-state index in [4.69, 9.17) is 9.47 Å². The third kappa shape index (κ3) is 3.10. The molecule has 1 aromatic carbocycles. The van der Waals surface area contributed by atoms with Crippen LogP contribution in [0.3, 0.4) is 0 Å². The van der Waals surface area contributed by atoms with Gasteiger partial charge in [-0.15, -0.1) is 0 Å². The highest BCUT2D eigenvalue weighted by molar-refractivity contribution is 7.93. The number of hydrogen-bond acceptors (Lipinski definition) is 5. The maximum absolute atomic E-state index is 12.1. The van der Waals surface area contributed by atoms with Crippen LogP contribution in [0.25, 0.3) is 0 Å². The van der Waals surface area contributed by atoms with Crippen LogP contribution in [-0.2, 0) is 10.0 Å². The number of methoxy groups -OCH3 is 2. The molecule has 0 radical (unpaired) electrons. The third-order valence-electron chi connectivity index (χ3n) is 3.10. The Morgan fingerprint density at radius 2 is 2.00 bits per heavy atom. The largest absolute Gasteiger partial charge is 0.493 e. The molecule has 0 bridgehead atoms. The molecule has 1 heterocycles. The van der Waals surface area contributed by atoms with Gasteiger partial charge < -0.3 is 14.8 Å². The van der Waals surface area contributed by atoms with E-state index >= 15 is 0 Å². The zero-order valence-corrected chi connectivity index (χ0v) is 11.8. The first kappa shape index (κ1) is 14.0. The molecule has 7 heteroatoms. The zero-order chi connectivity index (χ0) is 13.9. The predicted octanol–water partition coefficient (Wildman–Crippen LogP) is 0.807. The molecule has 0 aliphatic carbocycles. The first-order chi connectivity index (χ1) is 9.06. The van der Waals surface area contributed by atoms with E-state index in [1.54, 1.807) is 18.2 Å². The van der Waals surface area contributed by atoms with E-state index in [1.807, 2.05) is 0 Å². The van der Waals surface area contributed by atoms with Crippen molar-refractivity contribution in [3.05, 3.63) is 18.2 Å². The van der Waals surface area contributed by atoms with E-state index in [0.29, 0.717) is 30.2 Å². The van der Waals surface area contributed by atoms with Gasteiger partial charge in [-0.25, -0.2) is 8.42 Å². The Kier molecular flexibility index (Phi) is 4.16. The summed E-state index contributed by atoms with van der Waals surface area (Å²) in [5.74, 6) is 1.06. The van der Waals surface area contributed by atoms with Crippen LogP contribution in [0.2, 0.25) is 0 Å². The summed E-state index contributed by atoms with van der Waals surface area (Å²) in [7, 11) is -0.322. The molecule has 2 N–H and O–H groups in total. The number of sulfonamides is 1. The lowest BCUT2D eigenvalue weighted by atomic mass is 10.3. The smallest absolute Gasteiger partial charge is 0.236 e. The van der Waals surface area contributed by atoms with Gasteiger partial charge >= 0.3 is 0 Å². The maximum atomic E-state index is 12.1. The Morgan fingerprint density at radius 1 is 1.26 bits per heavy atom. The minimum absolute atomic E-state index is 0.388. The average Bonchev–Trinajstić information content (AvgIpc) is 2.93. The van der Waals surface area contributed by atoms with Crippen LogP contribution >= 0.6 is 0 Å². The number of benzene rings is 1. The molecule has 0 amide bonds. The van der Waals surface area contributed by atoms with Crippen molar-refractivity contribution in [2.24, 2.45) is 0 Å². The van der Waals surface area contributed by atoms with E-state index in [-0.39, 0.29) is 5.25 Å². The molecule has 0 saturated carbocycles. The second kappa shape index (κ2) is 5.66. The Hall–Kier alpha value is -1.47. The van der Waals surface area contributed by atoms with Crippen molar-refractivity contribution in [2.45, 2.75) is 11.7 Å². The second-order valence-electron chi connectivity index (χ2n) is 4.33. The van der Waals surface area contributed by atoms with Gasteiger partial charge in [0, 0.05) is 12.6 Å². The summed E-state index contributed by atoms with van der Waals surface area (Å²) < 4.78 is 37.1. The molecule has 1 aromatic rings. The van der Waals surface area contributed by atoms with E-state index in [1.165, 1.54) is 14.2 Å². The van der Waals surface area contributed by atoms with E-state index < -0.39 is 10.0 Å². The molecule has 1 fully saturated rings. The maximum Gasteiger partial charge on any atom is 0.236 e. The fraction of sp³-hybridized carbons (Fsp3) is 0.500. The van der Waals surface area contributed by atoms with Crippen molar-refractivity contribution < 1.29 is 17.9 Å². The van der Waals surface area contributed by atoms with Crippen LogP contribution in [0.15, 0.2) is 18.2 Å². The summed E-state index contributed by atoms with van der Waals surface area (Å²) >= 11 is 0. The minimum Gasteiger partial charge on any atom is -0.493 e. The van der Waals surface area contributed by atoms with E-state index in [2.05, 4.69) is 10.0 Å². The van der Waals surface area contributed by atoms with Gasteiger partial charge in [-0.1, -0.05) is 0 Å². The predicted molar refractivity (Wildman–Crippen MR) is 73.4 cm³/mol. The first-order valence-corrected chi connectivity index (χ1v) is 7.56. The Balaban J connectivity index is 2.18. The molecule has 2 rings (SSSR count). The number of ether oxygens (including phenoxy) is 2. The second-order valence-corrected chi connectivity index (χ2v) is 6.29. The van der Waals surface area contributed by atoms with Crippen LogP contribution in [0.5, 0.6) is 11.5 Å². The molecular formula is C12H18N2O4S. The summed E-state index contributed by atoms with van der Waals surface area (Å²) in [5, 5.41) is 2.65. The lowest BCUT2D eigenvalue weighted by molar-refractivity contribution is 0.355. The number of anilines is 1. The van der Waals surface area contributed by atoms with Gasteiger partial charge in [-0.05, 0) is 25.1 Å². The van der Waals surface area contributed by atoms with Crippen LogP contribution in [0, 0.1) is 0 Å². The van der Waals surface area contributed by atoms with Crippen molar-refractivity contribution in [1.82, 2.24) is 5.32 Å². The average molecular weight is 286 g/mol. The SMILES string of the molecule is COc1ccc(NS(=O)(=O)C2CCNC2)cc1OC.